The summed E-state index contributed by atoms with van der Waals surface area (Å²) in [5.74, 6) is 1.40. The minimum Gasteiger partial charge on any atom is -0.494 e. The Hall–Kier alpha value is -2.05. The molecule has 0 saturated carbocycles. The van der Waals surface area contributed by atoms with Gasteiger partial charge in [-0.25, -0.2) is 4.39 Å². The number of nitrogens with zero attached hydrogens (tertiary/aromatic N) is 3. The van der Waals surface area contributed by atoms with Gasteiger partial charge in [-0.1, -0.05) is 30.3 Å². The first-order valence-corrected chi connectivity index (χ1v) is 10.8. The van der Waals surface area contributed by atoms with Crippen LogP contribution in [-0.2, 0) is 0 Å². The standard InChI is InChI=1S/C22H26FN3OS/c1-27-21-14-18(23)8-9-20(21)26-11-5-10-25(12-13-26)15-19-16-28-22(24-19)17-6-3-2-4-7-17/h2-4,6-9,14,19H,5,10-13,15-16H2,1H3. The molecule has 0 N–H and O–H groups in total. The van der Waals surface area contributed by atoms with Crippen LogP contribution in [0.15, 0.2) is 53.5 Å². The molecular weight excluding hydrogens is 373 g/mol. The minimum absolute atomic E-state index is 0.261. The summed E-state index contributed by atoms with van der Waals surface area (Å²) < 4.78 is 18.9. The molecule has 0 radical (unpaired) electrons. The maximum absolute atomic E-state index is 13.5. The molecule has 0 aliphatic carbocycles. The summed E-state index contributed by atoms with van der Waals surface area (Å²) in [6.07, 6.45) is 1.08. The van der Waals surface area contributed by atoms with Crippen molar-refractivity contribution in [2.24, 2.45) is 4.99 Å². The first kappa shape index (κ1) is 19.3. The Morgan fingerprint density at radius 2 is 1.96 bits per heavy atom. The van der Waals surface area contributed by atoms with E-state index in [0.29, 0.717) is 11.8 Å². The lowest BCUT2D eigenvalue weighted by Gasteiger charge is -2.25. The molecule has 0 bridgehead atoms. The zero-order valence-electron chi connectivity index (χ0n) is 16.2. The predicted molar refractivity (Wildman–Crippen MR) is 115 cm³/mol. The Balaban J connectivity index is 1.37. The molecule has 2 aliphatic heterocycles. The fraction of sp³-hybridized carbons (Fsp3) is 0.409. The van der Waals surface area contributed by atoms with Gasteiger partial charge in [0.15, 0.2) is 0 Å². The largest absolute Gasteiger partial charge is 0.494 e. The van der Waals surface area contributed by atoms with E-state index in [1.807, 2.05) is 23.9 Å². The predicted octanol–water partition coefficient (Wildman–Crippen LogP) is 3.91. The molecule has 4 nitrogen and oxygen atoms in total. The summed E-state index contributed by atoms with van der Waals surface area (Å²) >= 11 is 1.86. The van der Waals surface area contributed by atoms with Crippen LogP contribution in [0.3, 0.4) is 0 Å². The van der Waals surface area contributed by atoms with Crippen molar-refractivity contribution in [3.05, 3.63) is 59.9 Å². The van der Waals surface area contributed by atoms with Crippen molar-refractivity contribution in [3.8, 4) is 5.75 Å². The van der Waals surface area contributed by atoms with Gasteiger partial charge in [0, 0.05) is 43.6 Å². The number of thioether (sulfide) groups is 1. The second-order valence-corrected chi connectivity index (χ2v) is 8.23. The van der Waals surface area contributed by atoms with E-state index in [4.69, 9.17) is 9.73 Å². The van der Waals surface area contributed by atoms with Gasteiger partial charge in [0.05, 0.1) is 23.9 Å². The highest BCUT2D eigenvalue weighted by Gasteiger charge is 2.24. The summed E-state index contributed by atoms with van der Waals surface area (Å²) in [6, 6.07) is 15.6. The molecule has 28 heavy (non-hydrogen) atoms. The molecular formula is C22H26FN3OS. The fourth-order valence-corrected chi connectivity index (χ4v) is 4.91. The van der Waals surface area contributed by atoms with Gasteiger partial charge in [-0.2, -0.15) is 0 Å². The quantitative estimate of drug-likeness (QED) is 0.762. The van der Waals surface area contributed by atoms with E-state index in [0.717, 1.165) is 55.6 Å². The van der Waals surface area contributed by atoms with Crippen LogP contribution in [0.2, 0.25) is 0 Å². The summed E-state index contributed by atoms with van der Waals surface area (Å²) in [4.78, 5) is 9.78. The van der Waals surface area contributed by atoms with Crippen molar-refractivity contribution < 1.29 is 9.13 Å². The Kier molecular flexibility index (Phi) is 6.17. The molecule has 0 aromatic heterocycles. The van der Waals surface area contributed by atoms with Crippen LogP contribution in [0.25, 0.3) is 0 Å². The third kappa shape index (κ3) is 4.50. The molecule has 0 spiro atoms. The molecule has 0 amide bonds. The van der Waals surface area contributed by atoms with Gasteiger partial charge in [-0.15, -0.1) is 11.8 Å². The number of benzene rings is 2. The van der Waals surface area contributed by atoms with Crippen LogP contribution in [0, 0.1) is 5.82 Å². The highest BCUT2D eigenvalue weighted by molar-refractivity contribution is 8.14. The fourth-order valence-electron chi connectivity index (χ4n) is 3.85. The highest BCUT2D eigenvalue weighted by Crippen LogP contribution is 2.30. The van der Waals surface area contributed by atoms with E-state index < -0.39 is 0 Å². The second kappa shape index (κ2) is 8.97. The maximum atomic E-state index is 13.5. The van der Waals surface area contributed by atoms with E-state index in [-0.39, 0.29) is 5.82 Å². The Labute approximate surface area is 170 Å². The van der Waals surface area contributed by atoms with Crippen LogP contribution < -0.4 is 9.64 Å². The minimum atomic E-state index is -0.261. The zero-order valence-corrected chi connectivity index (χ0v) is 17.0. The van der Waals surface area contributed by atoms with Gasteiger partial charge in [0.25, 0.3) is 0 Å². The van der Waals surface area contributed by atoms with Crippen LogP contribution in [0.1, 0.15) is 12.0 Å². The molecule has 1 unspecified atom stereocenters. The van der Waals surface area contributed by atoms with Gasteiger partial charge >= 0.3 is 0 Å². The SMILES string of the molecule is COc1cc(F)ccc1N1CCCN(CC2CSC(c3ccccc3)=N2)CC1. The average molecular weight is 400 g/mol. The summed E-state index contributed by atoms with van der Waals surface area (Å²) in [7, 11) is 1.60. The number of rotatable bonds is 5. The molecule has 2 heterocycles. The molecule has 1 saturated heterocycles. The molecule has 4 rings (SSSR count). The van der Waals surface area contributed by atoms with Crippen molar-refractivity contribution in [1.29, 1.82) is 0 Å². The molecule has 1 atom stereocenters. The Morgan fingerprint density at radius 1 is 1.11 bits per heavy atom. The number of aliphatic imine (C=N–C) groups is 1. The van der Waals surface area contributed by atoms with Gasteiger partial charge in [0.2, 0.25) is 0 Å². The highest BCUT2D eigenvalue weighted by atomic mass is 32.2. The number of hydrogen-bond acceptors (Lipinski definition) is 5. The molecule has 2 aromatic carbocycles. The number of ether oxygens (including phenoxy) is 1. The van der Waals surface area contributed by atoms with Gasteiger partial charge < -0.3 is 9.64 Å². The van der Waals surface area contributed by atoms with Gasteiger partial charge in [-0.05, 0) is 25.1 Å². The molecule has 1 fully saturated rings. The summed E-state index contributed by atoms with van der Waals surface area (Å²) in [5.41, 5.74) is 2.20. The normalized spacial score (nSPS) is 20.7. The first-order chi connectivity index (χ1) is 13.7. The summed E-state index contributed by atoms with van der Waals surface area (Å²) in [6.45, 7) is 4.92. The summed E-state index contributed by atoms with van der Waals surface area (Å²) in [5, 5.41) is 1.16. The van der Waals surface area contributed by atoms with Crippen LogP contribution in [-0.4, -0.2) is 61.6 Å². The zero-order chi connectivity index (χ0) is 19.3. The van der Waals surface area contributed by atoms with Crippen molar-refractivity contribution in [1.82, 2.24) is 4.90 Å². The monoisotopic (exact) mass is 399 g/mol. The van der Waals surface area contributed by atoms with Gasteiger partial charge in [-0.3, -0.25) is 9.89 Å². The number of hydrogen-bond donors (Lipinski definition) is 0. The topological polar surface area (TPSA) is 28.1 Å². The van der Waals surface area contributed by atoms with Crippen molar-refractivity contribution in [2.45, 2.75) is 12.5 Å². The lowest BCUT2D eigenvalue weighted by atomic mass is 10.2. The number of anilines is 1. The van der Waals surface area contributed by atoms with E-state index >= 15 is 0 Å². The Morgan fingerprint density at radius 3 is 2.79 bits per heavy atom. The van der Waals surface area contributed by atoms with Crippen molar-refractivity contribution in [2.75, 3.05) is 50.5 Å². The van der Waals surface area contributed by atoms with E-state index in [2.05, 4.69) is 34.1 Å². The first-order valence-electron chi connectivity index (χ1n) is 9.80. The van der Waals surface area contributed by atoms with Crippen LogP contribution >= 0.6 is 11.8 Å². The third-order valence-electron chi connectivity index (χ3n) is 5.27. The van der Waals surface area contributed by atoms with Gasteiger partial charge in [0.1, 0.15) is 11.6 Å². The van der Waals surface area contributed by atoms with E-state index in [9.17, 15) is 4.39 Å². The lowest BCUT2D eigenvalue weighted by molar-refractivity contribution is 0.282. The molecule has 2 aromatic rings. The smallest absolute Gasteiger partial charge is 0.145 e. The van der Waals surface area contributed by atoms with E-state index in [1.54, 1.807) is 7.11 Å². The van der Waals surface area contributed by atoms with E-state index in [1.165, 1.54) is 17.7 Å². The average Bonchev–Trinajstić information content (AvgIpc) is 3.07. The molecule has 148 valence electrons. The van der Waals surface area contributed by atoms with Crippen LogP contribution in [0.4, 0.5) is 10.1 Å². The third-order valence-corrected chi connectivity index (χ3v) is 6.44. The maximum Gasteiger partial charge on any atom is 0.145 e. The molecule has 2 aliphatic rings. The van der Waals surface area contributed by atoms with Crippen molar-refractivity contribution >= 4 is 22.5 Å². The molecule has 6 heteroatoms. The van der Waals surface area contributed by atoms with Crippen molar-refractivity contribution in [3.63, 3.8) is 0 Å². The van der Waals surface area contributed by atoms with Crippen LogP contribution in [0.5, 0.6) is 5.75 Å². The lowest BCUT2D eigenvalue weighted by Crippen LogP contribution is -2.35. The number of methoxy groups -OCH3 is 1. The Bertz CT molecular complexity index is 830. The number of halogens is 1. The second-order valence-electron chi connectivity index (χ2n) is 7.22.